The van der Waals surface area contributed by atoms with Gasteiger partial charge in [0.25, 0.3) is 11.2 Å². The van der Waals surface area contributed by atoms with E-state index in [4.69, 9.17) is 0 Å². The Morgan fingerprint density at radius 2 is 2.00 bits per heavy atom. The summed E-state index contributed by atoms with van der Waals surface area (Å²) in [6, 6.07) is 7.88. The summed E-state index contributed by atoms with van der Waals surface area (Å²) in [5.41, 5.74) is 1.63. The molecule has 0 spiro atoms. The smallest absolute Gasteiger partial charge is 0.276 e. The predicted molar refractivity (Wildman–Crippen MR) is 77.1 cm³/mol. The van der Waals surface area contributed by atoms with Crippen molar-refractivity contribution >= 4 is 22.7 Å². The molecule has 0 fully saturated rings. The molecular weight excluding hydrogens is 274 g/mol. The van der Waals surface area contributed by atoms with Crippen LogP contribution in [0.3, 0.4) is 0 Å². The lowest BCUT2D eigenvalue weighted by Gasteiger charge is -2.05. The Balaban J connectivity index is 1.76. The average molecular weight is 285 g/mol. The summed E-state index contributed by atoms with van der Waals surface area (Å²) in [7, 11) is 0. The SMILES string of the molecule is O=c1[nH]c(NCc2ccc([N+](=O)[O-])cc2)nc2cc[nH]c12. The van der Waals surface area contributed by atoms with Crippen molar-refractivity contribution in [2.45, 2.75) is 6.54 Å². The summed E-state index contributed by atoms with van der Waals surface area (Å²) in [6.07, 6.45) is 1.65. The van der Waals surface area contributed by atoms with Crippen molar-refractivity contribution in [3.8, 4) is 0 Å². The minimum atomic E-state index is -0.448. The van der Waals surface area contributed by atoms with Gasteiger partial charge in [-0.05, 0) is 11.6 Å². The van der Waals surface area contributed by atoms with Crippen LogP contribution in [0.5, 0.6) is 0 Å². The lowest BCUT2D eigenvalue weighted by Crippen LogP contribution is -2.13. The van der Waals surface area contributed by atoms with Gasteiger partial charge >= 0.3 is 0 Å². The highest BCUT2D eigenvalue weighted by atomic mass is 16.6. The average Bonchev–Trinajstić information content (AvgIpc) is 2.94. The highest BCUT2D eigenvalue weighted by molar-refractivity contribution is 5.74. The number of fused-ring (bicyclic) bond motifs is 1. The Bertz CT molecular complexity index is 850. The molecule has 0 radical (unpaired) electrons. The van der Waals surface area contributed by atoms with Crippen LogP contribution in [-0.2, 0) is 6.54 Å². The number of anilines is 1. The van der Waals surface area contributed by atoms with Crippen LogP contribution >= 0.6 is 0 Å². The number of aromatic nitrogens is 3. The molecule has 0 bridgehead atoms. The Kier molecular flexibility index (Phi) is 3.11. The maximum atomic E-state index is 11.7. The molecule has 3 N–H and O–H groups in total. The van der Waals surface area contributed by atoms with Crippen molar-refractivity contribution in [2.24, 2.45) is 0 Å². The number of nitrogens with zero attached hydrogens (tertiary/aromatic N) is 2. The van der Waals surface area contributed by atoms with Gasteiger partial charge in [0, 0.05) is 24.9 Å². The van der Waals surface area contributed by atoms with Gasteiger partial charge in [0.2, 0.25) is 5.95 Å². The van der Waals surface area contributed by atoms with E-state index in [-0.39, 0.29) is 11.2 Å². The van der Waals surface area contributed by atoms with Crippen LogP contribution < -0.4 is 10.9 Å². The predicted octanol–water partition coefficient (Wildman–Crippen LogP) is 1.77. The molecule has 0 saturated carbocycles. The molecule has 0 amide bonds. The highest BCUT2D eigenvalue weighted by Gasteiger charge is 2.06. The molecule has 0 aliphatic rings. The number of H-pyrrole nitrogens is 2. The van der Waals surface area contributed by atoms with E-state index in [9.17, 15) is 14.9 Å². The van der Waals surface area contributed by atoms with Crippen molar-refractivity contribution in [2.75, 3.05) is 5.32 Å². The number of hydrogen-bond donors (Lipinski definition) is 3. The van der Waals surface area contributed by atoms with Crippen LogP contribution in [0.25, 0.3) is 11.0 Å². The topological polar surface area (TPSA) is 117 Å². The molecular formula is C13H11N5O3. The summed E-state index contributed by atoms with van der Waals surface area (Å²) in [4.78, 5) is 31.5. The largest absolute Gasteiger partial charge is 0.355 e. The third-order valence-electron chi connectivity index (χ3n) is 3.02. The van der Waals surface area contributed by atoms with Gasteiger partial charge in [-0.15, -0.1) is 0 Å². The Hall–Kier alpha value is -3.16. The summed E-state index contributed by atoms with van der Waals surface area (Å²) in [5, 5.41) is 13.5. The van der Waals surface area contributed by atoms with Gasteiger partial charge in [-0.25, -0.2) is 4.98 Å². The van der Waals surface area contributed by atoms with Crippen LogP contribution in [-0.4, -0.2) is 19.9 Å². The number of benzene rings is 1. The van der Waals surface area contributed by atoms with Gasteiger partial charge in [-0.3, -0.25) is 19.9 Å². The summed E-state index contributed by atoms with van der Waals surface area (Å²) >= 11 is 0. The molecule has 0 unspecified atom stereocenters. The molecule has 3 rings (SSSR count). The van der Waals surface area contributed by atoms with Crippen molar-refractivity contribution in [3.05, 3.63) is 62.6 Å². The fourth-order valence-corrected chi connectivity index (χ4v) is 1.96. The van der Waals surface area contributed by atoms with E-state index in [0.29, 0.717) is 23.5 Å². The summed E-state index contributed by atoms with van der Waals surface area (Å²) in [6.45, 7) is 0.400. The first kappa shape index (κ1) is 12.9. The van der Waals surface area contributed by atoms with E-state index in [2.05, 4.69) is 20.3 Å². The number of hydrogen-bond acceptors (Lipinski definition) is 5. The summed E-state index contributed by atoms with van der Waals surface area (Å²) in [5.74, 6) is 0.352. The monoisotopic (exact) mass is 285 g/mol. The number of nitro benzene ring substituents is 1. The van der Waals surface area contributed by atoms with Crippen molar-refractivity contribution < 1.29 is 4.92 Å². The Labute approximate surface area is 118 Å². The number of aromatic amines is 2. The minimum Gasteiger partial charge on any atom is -0.355 e. The maximum absolute atomic E-state index is 11.7. The first-order chi connectivity index (χ1) is 10.1. The quantitative estimate of drug-likeness (QED) is 0.499. The van der Waals surface area contributed by atoms with Gasteiger partial charge in [0.05, 0.1) is 10.4 Å². The summed E-state index contributed by atoms with van der Waals surface area (Å²) < 4.78 is 0. The zero-order chi connectivity index (χ0) is 14.8. The Morgan fingerprint density at radius 3 is 2.71 bits per heavy atom. The first-order valence-corrected chi connectivity index (χ1v) is 6.18. The van der Waals surface area contributed by atoms with E-state index in [1.54, 1.807) is 24.4 Å². The molecule has 3 aromatic rings. The van der Waals surface area contributed by atoms with Crippen molar-refractivity contribution in [1.82, 2.24) is 15.0 Å². The maximum Gasteiger partial charge on any atom is 0.276 e. The van der Waals surface area contributed by atoms with Crippen LogP contribution in [0.15, 0.2) is 41.3 Å². The first-order valence-electron chi connectivity index (χ1n) is 6.18. The minimum absolute atomic E-state index is 0.0408. The van der Waals surface area contributed by atoms with E-state index < -0.39 is 4.92 Å². The Morgan fingerprint density at radius 1 is 1.24 bits per heavy atom. The molecule has 0 atom stereocenters. The molecule has 8 heteroatoms. The van der Waals surface area contributed by atoms with E-state index in [1.807, 2.05) is 0 Å². The molecule has 8 nitrogen and oxygen atoms in total. The molecule has 1 aromatic carbocycles. The second-order valence-corrected chi connectivity index (χ2v) is 4.43. The van der Waals surface area contributed by atoms with Crippen LogP contribution in [0, 0.1) is 10.1 Å². The van der Waals surface area contributed by atoms with E-state index >= 15 is 0 Å². The van der Waals surface area contributed by atoms with E-state index in [0.717, 1.165) is 5.56 Å². The lowest BCUT2D eigenvalue weighted by atomic mass is 10.2. The fourth-order valence-electron chi connectivity index (χ4n) is 1.96. The molecule has 0 saturated heterocycles. The molecule has 0 aliphatic heterocycles. The zero-order valence-electron chi connectivity index (χ0n) is 10.8. The van der Waals surface area contributed by atoms with Gasteiger partial charge in [-0.2, -0.15) is 0 Å². The molecule has 21 heavy (non-hydrogen) atoms. The van der Waals surface area contributed by atoms with Crippen LogP contribution in [0.4, 0.5) is 11.6 Å². The van der Waals surface area contributed by atoms with Crippen LogP contribution in [0.2, 0.25) is 0 Å². The number of nitro groups is 1. The standard InChI is InChI=1S/C13H11N5O3/c19-12-11-10(5-6-14-11)16-13(17-12)15-7-8-1-3-9(4-2-8)18(20)21/h1-6,14H,7H2,(H2,15,16,17,19). The number of non-ortho nitro benzene ring substituents is 1. The van der Waals surface area contributed by atoms with E-state index in [1.165, 1.54) is 12.1 Å². The van der Waals surface area contributed by atoms with Crippen molar-refractivity contribution in [1.29, 1.82) is 0 Å². The van der Waals surface area contributed by atoms with Gasteiger partial charge in [0.1, 0.15) is 5.52 Å². The second-order valence-electron chi connectivity index (χ2n) is 4.43. The van der Waals surface area contributed by atoms with Gasteiger partial charge < -0.3 is 10.3 Å². The fraction of sp³-hybridized carbons (Fsp3) is 0.0769. The molecule has 2 aromatic heterocycles. The second kappa shape index (κ2) is 5.08. The number of nitrogens with one attached hydrogen (secondary N) is 3. The van der Waals surface area contributed by atoms with Gasteiger partial charge in [0.15, 0.2) is 0 Å². The highest BCUT2D eigenvalue weighted by Crippen LogP contribution is 2.13. The zero-order valence-corrected chi connectivity index (χ0v) is 10.8. The third-order valence-corrected chi connectivity index (χ3v) is 3.02. The lowest BCUT2D eigenvalue weighted by molar-refractivity contribution is -0.384. The van der Waals surface area contributed by atoms with Crippen LogP contribution in [0.1, 0.15) is 5.56 Å². The third kappa shape index (κ3) is 2.59. The van der Waals surface area contributed by atoms with Gasteiger partial charge in [-0.1, -0.05) is 12.1 Å². The normalized spacial score (nSPS) is 10.7. The molecule has 2 heterocycles. The molecule has 0 aliphatic carbocycles. The molecule has 106 valence electrons. The van der Waals surface area contributed by atoms with Crippen molar-refractivity contribution in [3.63, 3.8) is 0 Å². The number of rotatable bonds is 4.